The van der Waals surface area contributed by atoms with Crippen molar-refractivity contribution in [3.8, 4) is 0 Å². The van der Waals surface area contributed by atoms with Gasteiger partial charge in [-0.1, -0.05) is 29.8 Å². The Morgan fingerprint density at radius 3 is 2.44 bits per heavy atom. The molecule has 1 aliphatic heterocycles. The first-order valence-electron chi connectivity index (χ1n) is 8.48. The van der Waals surface area contributed by atoms with Crippen molar-refractivity contribution in [1.29, 1.82) is 0 Å². The van der Waals surface area contributed by atoms with E-state index in [-0.39, 0.29) is 17.7 Å². The van der Waals surface area contributed by atoms with Gasteiger partial charge in [-0.15, -0.1) is 0 Å². The highest BCUT2D eigenvalue weighted by molar-refractivity contribution is 6.30. The Bertz CT molecular complexity index is 774. The lowest BCUT2D eigenvalue weighted by Gasteiger charge is -2.28. The monoisotopic (exact) mass is 356 g/mol. The molecule has 1 heterocycles. The summed E-state index contributed by atoms with van der Waals surface area (Å²) >= 11 is 5.88. The van der Waals surface area contributed by atoms with E-state index >= 15 is 0 Å². The molecule has 0 spiro atoms. The first-order valence-corrected chi connectivity index (χ1v) is 8.86. The Morgan fingerprint density at radius 1 is 1.08 bits per heavy atom. The van der Waals surface area contributed by atoms with Crippen molar-refractivity contribution in [3.05, 3.63) is 70.2 Å². The average molecular weight is 357 g/mol. The van der Waals surface area contributed by atoms with Gasteiger partial charge < -0.3 is 10.6 Å². The molecule has 1 fully saturated rings. The van der Waals surface area contributed by atoms with E-state index in [1.165, 1.54) is 0 Å². The predicted octanol–water partition coefficient (Wildman–Crippen LogP) is 3.44. The van der Waals surface area contributed by atoms with E-state index in [0.717, 1.165) is 19.4 Å². The molecular weight excluding hydrogens is 336 g/mol. The molecule has 4 nitrogen and oxygen atoms in total. The Hall–Kier alpha value is -2.17. The molecule has 2 unspecified atom stereocenters. The van der Waals surface area contributed by atoms with Crippen LogP contribution in [0, 0.1) is 0 Å². The quantitative estimate of drug-likeness (QED) is 0.825. The molecule has 1 aliphatic rings. The molecule has 2 aromatic carbocycles. The second-order valence-corrected chi connectivity index (χ2v) is 6.87. The standard InChI is InChI=1S/C20H21ClN2O2/c1-13-12-16(10-11-22-13)23-20(25)18-5-3-2-4-17(18)19(24)14-6-8-15(21)9-7-14/h2-9,13,16,22H,10-12H2,1H3,(H,23,25). The molecule has 2 N–H and O–H groups in total. The van der Waals surface area contributed by atoms with Gasteiger partial charge in [0.15, 0.2) is 5.78 Å². The Labute approximate surface area is 152 Å². The zero-order chi connectivity index (χ0) is 17.8. The molecule has 1 amide bonds. The van der Waals surface area contributed by atoms with Gasteiger partial charge in [-0.05, 0) is 56.6 Å². The van der Waals surface area contributed by atoms with E-state index in [9.17, 15) is 9.59 Å². The number of rotatable bonds is 4. The van der Waals surface area contributed by atoms with Crippen molar-refractivity contribution in [2.45, 2.75) is 31.8 Å². The maximum atomic E-state index is 12.8. The van der Waals surface area contributed by atoms with Gasteiger partial charge in [0.05, 0.1) is 5.56 Å². The lowest BCUT2D eigenvalue weighted by molar-refractivity contribution is 0.0916. The molecule has 130 valence electrons. The highest BCUT2D eigenvalue weighted by Gasteiger charge is 2.23. The van der Waals surface area contributed by atoms with Crippen molar-refractivity contribution < 1.29 is 9.59 Å². The normalized spacial score (nSPS) is 20.1. The van der Waals surface area contributed by atoms with Gasteiger partial charge in [0.2, 0.25) is 0 Å². The molecule has 0 aliphatic carbocycles. The van der Waals surface area contributed by atoms with Crippen molar-refractivity contribution in [2.75, 3.05) is 6.54 Å². The number of carbonyl (C=O) groups excluding carboxylic acids is 2. The Morgan fingerprint density at radius 2 is 1.76 bits per heavy atom. The van der Waals surface area contributed by atoms with Crippen LogP contribution < -0.4 is 10.6 Å². The Balaban J connectivity index is 1.81. The summed E-state index contributed by atoms with van der Waals surface area (Å²) in [5.41, 5.74) is 1.33. The van der Waals surface area contributed by atoms with E-state index in [2.05, 4.69) is 17.6 Å². The number of halogens is 1. The van der Waals surface area contributed by atoms with Crippen LogP contribution >= 0.6 is 11.6 Å². The Kier molecular flexibility index (Phi) is 5.51. The largest absolute Gasteiger partial charge is 0.349 e. The average Bonchev–Trinajstić information content (AvgIpc) is 2.62. The van der Waals surface area contributed by atoms with Crippen molar-refractivity contribution in [3.63, 3.8) is 0 Å². The van der Waals surface area contributed by atoms with Gasteiger partial charge in [0.1, 0.15) is 0 Å². The van der Waals surface area contributed by atoms with Crippen LogP contribution in [0.2, 0.25) is 5.02 Å². The van der Waals surface area contributed by atoms with Crippen LogP contribution in [0.25, 0.3) is 0 Å². The summed E-state index contributed by atoms with van der Waals surface area (Å²) in [6.45, 7) is 2.99. The van der Waals surface area contributed by atoms with Crippen molar-refractivity contribution in [1.82, 2.24) is 10.6 Å². The maximum absolute atomic E-state index is 12.8. The summed E-state index contributed by atoms with van der Waals surface area (Å²) in [7, 11) is 0. The number of amides is 1. The third kappa shape index (κ3) is 4.27. The van der Waals surface area contributed by atoms with Crippen LogP contribution in [0.15, 0.2) is 48.5 Å². The second-order valence-electron chi connectivity index (χ2n) is 6.43. The third-order valence-electron chi connectivity index (χ3n) is 4.48. The summed E-state index contributed by atoms with van der Waals surface area (Å²) in [5.74, 6) is -0.377. The van der Waals surface area contributed by atoms with Crippen LogP contribution in [0.4, 0.5) is 0 Å². The van der Waals surface area contributed by atoms with Gasteiger partial charge >= 0.3 is 0 Å². The lowest BCUT2D eigenvalue weighted by Crippen LogP contribution is -2.46. The molecule has 0 bridgehead atoms. The van der Waals surface area contributed by atoms with E-state index in [1.54, 1.807) is 48.5 Å². The maximum Gasteiger partial charge on any atom is 0.252 e. The number of hydrogen-bond donors (Lipinski definition) is 2. The third-order valence-corrected chi connectivity index (χ3v) is 4.73. The molecule has 5 heteroatoms. The molecule has 2 aromatic rings. The summed E-state index contributed by atoms with van der Waals surface area (Å²) in [4.78, 5) is 25.5. The lowest BCUT2D eigenvalue weighted by atomic mass is 9.96. The molecule has 0 aromatic heterocycles. The van der Waals surface area contributed by atoms with Crippen LogP contribution in [0.1, 0.15) is 46.0 Å². The van der Waals surface area contributed by atoms with Gasteiger partial charge in [-0.2, -0.15) is 0 Å². The topological polar surface area (TPSA) is 58.2 Å². The van der Waals surface area contributed by atoms with Gasteiger partial charge in [0.25, 0.3) is 5.91 Å². The van der Waals surface area contributed by atoms with Gasteiger partial charge in [-0.25, -0.2) is 0 Å². The highest BCUT2D eigenvalue weighted by Crippen LogP contribution is 2.18. The number of carbonyl (C=O) groups is 2. The predicted molar refractivity (Wildman–Crippen MR) is 99.3 cm³/mol. The molecule has 25 heavy (non-hydrogen) atoms. The smallest absolute Gasteiger partial charge is 0.252 e. The molecule has 0 radical (unpaired) electrons. The van der Waals surface area contributed by atoms with Gasteiger partial charge in [-0.3, -0.25) is 9.59 Å². The van der Waals surface area contributed by atoms with E-state index in [1.807, 2.05) is 0 Å². The minimum Gasteiger partial charge on any atom is -0.349 e. The molecule has 2 atom stereocenters. The van der Waals surface area contributed by atoms with Crippen LogP contribution in [-0.4, -0.2) is 30.3 Å². The summed E-state index contributed by atoms with van der Waals surface area (Å²) in [5, 5.41) is 7.01. The number of nitrogens with one attached hydrogen (secondary N) is 2. The van der Waals surface area contributed by atoms with Gasteiger partial charge in [0, 0.05) is 28.2 Å². The van der Waals surface area contributed by atoms with E-state index in [4.69, 9.17) is 11.6 Å². The van der Waals surface area contributed by atoms with Crippen molar-refractivity contribution >= 4 is 23.3 Å². The number of hydrogen-bond acceptors (Lipinski definition) is 3. The zero-order valence-corrected chi connectivity index (χ0v) is 14.8. The molecular formula is C20H21ClN2O2. The summed E-state index contributed by atoms with van der Waals surface area (Å²) < 4.78 is 0. The SMILES string of the molecule is CC1CC(NC(=O)c2ccccc2C(=O)c2ccc(Cl)cc2)CCN1. The first-order chi connectivity index (χ1) is 12.0. The number of benzene rings is 2. The minimum atomic E-state index is -0.197. The van der Waals surface area contributed by atoms with Crippen LogP contribution in [0.5, 0.6) is 0 Å². The first kappa shape index (κ1) is 17.6. The molecule has 1 saturated heterocycles. The van der Waals surface area contributed by atoms with Crippen molar-refractivity contribution in [2.24, 2.45) is 0 Å². The number of piperidine rings is 1. The van der Waals surface area contributed by atoms with Crippen LogP contribution in [-0.2, 0) is 0 Å². The summed E-state index contributed by atoms with van der Waals surface area (Å²) in [6.07, 6.45) is 1.78. The van der Waals surface area contributed by atoms with E-state index < -0.39 is 0 Å². The molecule has 3 rings (SSSR count). The fraction of sp³-hybridized carbons (Fsp3) is 0.300. The fourth-order valence-corrected chi connectivity index (χ4v) is 3.29. The van der Waals surface area contributed by atoms with E-state index in [0.29, 0.717) is 27.8 Å². The fourth-order valence-electron chi connectivity index (χ4n) is 3.16. The zero-order valence-electron chi connectivity index (χ0n) is 14.1. The minimum absolute atomic E-state index is 0.127. The second kappa shape index (κ2) is 7.81. The number of ketones is 1. The highest BCUT2D eigenvalue weighted by atomic mass is 35.5. The summed E-state index contributed by atoms with van der Waals surface area (Å²) in [6, 6.07) is 14.1. The molecule has 0 saturated carbocycles. The van der Waals surface area contributed by atoms with Crippen LogP contribution in [0.3, 0.4) is 0 Å².